The summed E-state index contributed by atoms with van der Waals surface area (Å²) in [5.74, 6) is -2.33. The van der Waals surface area contributed by atoms with E-state index in [2.05, 4.69) is 25.2 Å². The lowest BCUT2D eigenvalue weighted by molar-refractivity contribution is -0.139. The molecule has 1 fully saturated rings. The lowest BCUT2D eigenvalue weighted by Gasteiger charge is -2.34. The molecular weight excluding hydrogens is 371 g/mol. The van der Waals surface area contributed by atoms with Crippen molar-refractivity contribution in [1.29, 1.82) is 0 Å². The highest BCUT2D eigenvalue weighted by Gasteiger charge is 2.48. The maximum atomic E-state index is 14.6. The zero-order valence-electron chi connectivity index (χ0n) is 15.5. The van der Waals surface area contributed by atoms with Crippen molar-refractivity contribution >= 4 is 17.6 Å². The van der Waals surface area contributed by atoms with Gasteiger partial charge in [0.25, 0.3) is 0 Å². The van der Waals surface area contributed by atoms with Crippen molar-refractivity contribution in [2.45, 2.75) is 50.7 Å². The van der Waals surface area contributed by atoms with E-state index < -0.39 is 29.8 Å². The third-order valence-electron chi connectivity index (χ3n) is 5.80. The number of carboxylic acid groups (broad SMARTS) is 1. The Morgan fingerprint density at radius 1 is 1.48 bits per heavy atom. The molecule has 0 amide bonds. The number of hydrogen-bond acceptors (Lipinski definition) is 4. The fourth-order valence-electron chi connectivity index (χ4n) is 4.33. The smallest absolute Gasteiger partial charge is 0.321 e. The van der Waals surface area contributed by atoms with E-state index in [1.165, 1.54) is 11.6 Å². The molecule has 5 nitrogen and oxygen atoms in total. The van der Waals surface area contributed by atoms with Crippen LogP contribution >= 0.6 is 11.6 Å². The number of hydrogen-bond donors (Lipinski definition) is 3. The van der Waals surface area contributed by atoms with Gasteiger partial charge in [-0.25, -0.2) is 4.39 Å². The number of aliphatic carboxylic acids is 1. The Kier molecular flexibility index (Phi) is 5.91. The molecule has 2 aliphatic rings. The van der Waals surface area contributed by atoms with Gasteiger partial charge in [-0.05, 0) is 29.9 Å². The molecule has 4 N–H and O–H groups in total. The normalized spacial score (nSPS) is 28.9. The van der Waals surface area contributed by atoms with Crippen LogP contribution in [0.3, 0.4) is 0 Å². The highest BCUT2D eigenvalue weighted by atomic mass is 35.5. The van der Waals surface area contributed by atoms with Gasteiger partial charge in [0.05, 0.1) is 18.2 Å². The number of benzene rings is 1. The van der Waals surface area contributed by atoms with Crippen LogP contribution < -0.4 is 11.1 Å². The van der Waals surface area contributed by atoms with E-state index in [1.54, 1.807) is 12.1 Å². The third kappa shape index (κ3) is 4.04. The number of halogens is 2. The fraction of sp³-hybridized carbons (Fsp3) is 0.550. The van der Waals surface area contributed by atoms with Crippen LogP contribution in [0, 0.1) is 11.2 Å². The zero-order valence-corrected chi connectivity index (χ0v) is 16.3. The lowest BCUT2D eigenvalue weighted by atomic mass is 9.74. The summed E-state index contributed by atoms with van der Waals surface area (Å²) in [4.78, 5) is 11.8. The number of carboxylic acids is 1. The summed E-state index contributed by atoms with van der Waals surface area (Å²) in [5, 5.41) is 12.8. The van der Waals surface area contributed by atoms with E-state index in [4.69, 9.17) is 22.1 Å². The number of nitrogens with two attached hydrogens (primary N) is 1. The average molecular weight is 397 g/mol. The van der Waals surface area contributed by atoms with Crippen LogP contribution in [0.15, 0.2) is 29.8 Å². The molecule has 4 atom stereocenters. The second-order valence-electron chi connectivity index (χ2n) is 7.98. The number of rotatable bonds is 5. The van der Waals surface area contributed by atoms with E-state index in [-0.39, 0.29) is 22.0 Å². The first-order valence-electron chi connectivity index (χ1n) is 9.18. The Hall–Kier alpha value is -1.47. The second-order valence-corrected chi connectivity index (χ2v) is 8.38. The summed E-state index contributed by atoms with van der Waals surface area (Å²) >= 11 is 5.91. The SMILES string of the molecule is CC(C)(C[C@@H]1N[C@@H](C(=O)O)[C@H](c2cccc(Cl)c2F)C1N)C1=CCOCC1. The molecule has 0 aliphatic carbocycles. The van der Waals surface area contributed by atoms with Crippen LogP contribution in [-0.2, 0) is 9.53 Å². The number of ether oxygens (including phenoxy) is 1. The Labute approximate surface area is 163 Å². The molecule has 1 saturated heterocycles. The highest BCUT2D eigenvalue weighted by molar-refractivity contribution is 6.30. The van der Waals surface area contributed by atoms with Crippen molar-refractivity contribution in [2.24, 2.45) is 11.1 Å². The maximum Gasteiger partial charge on any atom is 0.321 e. The molecule has 2 heterocycles. The van der Waals surface area contributed by atoms with Crippen molar-refractivity contribution in [1.82, 2.24) is 5.32 Å². The highest BCUT2D eigenvalue weighted by Crippen LogP contribution is 2.41. The van der Waals surface area contributed by atoms with Crippen LogP contribution in [0.1, 0.15) is 38.2 Å². The summed E-state index contributed by atoms with van der Waals surface area (Å²) in [5.41, 5.74) is 7.83. The minimum Gasteiger partial charge on any atom is -0.480 e. The van der Waals surface area contributed by atoms with Gasteiger partial charge in [-0.3, -0.25) is 10.1 Å². The molecule has 1 unspecified atom stereocenters. The molecular formula is C20H26ClFN2O3. The molecule has 1 aromatic rings. The van der Waals surface area contributed by atoms with Gasteiger partial charge in [-0.15, -0.1) is 0 Å². The van der Waals surface area contributed by atoms with Gasteiger partial charge in [0.1, 0.15) is 11.9 Å². The molecule has 0 saturated carbocycles. The molecule has 0 aromatic heterocycles. The van der Waals surface area contributed by atoms with E-state index in [0.29, 0.717) is 19.6 Å². The van der Waals surface area contributed by atoms with E-state index in [9.17, 15) is 14.3 Å². The molecule has 148 valence electrons. The number of nitrogens with one attached hydrogen (secondary N) is 1. The predicted octanol–water partition coefficient (Wildman–Crippen LogP) is 3.08. The Balaban J connectivity index is 1.87. The van der Waals surface area contributed by atoms with Gasteiger partial charge < -0.3 is 15.6 Å². The van der Waals surface area contributed by atoms with Gasteiger partial charge in [0.15, 0.2) is 0 Å². The molecule has 0 bridgehead atoms. The molecule has 1 aromatic carbocycles. The van der Waals surface area contributed by atoms with Crippen molar-refractivity contribution in [3.8, 4) is 0 Å². The molecule has 2 aliphatic heterocycles. The van der Waals surface area contributed by atoms with Gasteiger partial charge in [-0.1, -0.05) is 49.2 Å². The standard InChI is InChI=1S/C20H26ClFN2O3/c1-20(2,11-6-8-27-9-7-11)10-14-17(23)15(18(24-14)19(25)26)12-4-3-5-13(21)16(12)22/h3-6,14-15,17-18,24H,7-10,23H2,1-2H3,(H,25,26)/t14-,15+,17?,18+/m0/s1. The van der Waals surface area contributed by atoms with Gasteiger partial charge in [0, 0.05) is 18.0 Å². The van der Waals surface area contributed by atoms with Crippen LogP contribution in [0.25, 0.3) is 0 Å². The Morgan fingerprint density at radius 3 is 2.85 bits per heavy atom. The maximum absolute atomic E-state index is 14.6. The van der Waals surface area contributed by atoms with Crippen molar-refractivity contribution in [3.63, 3.8) is 0 Å². The molecule has 3 rings (SSSR count). The Bertz CT molecular complexity index is 753. The average Bonchev–Trinajstić information content (AvgIpc) is 2.94. The van der Waals surface area contributed by atoms with E-state index >= 15 is 0 Å². The molecule has 27 heavy (non-hydrogen) atoms. The van der Waals surface area contributed by atoms with Crippen LogP contribution in [0.2, 0.25) is 5.02 Å². The van der Waals surface area contributed by atoms with Gasteiger partial charge in [-0.2, -0.15) is 0 Å². The summed E-state index contributed by atoms with van der Waals surface area (Å²) in [7, 11) is 0. The van der Waals surface area contributed by atoms with Crippen molar-refractivity contribution in [3.05, 3.63) is 46.3 Å². The predicted molar refractivity (Wildman–Crippen MR) is 102 cm³/mol. The quantitative estimate of drug-likeness (QED) is 0.666. The molecule has 0 spiro atoms. The summed E-state index contributed by atoms with van der Waals surface area (Å²) < 4.78 is 20.0. The van der Waals surface area contributed by atoms with Crippen LogP contribution in [0.5, 0.6) is 0 Å². The first kappa shape index (κ1) is 20.3. The largest absolute Gasteiger partial charge is 0.480 e. The summed E-state index contributed by atoms with van der Waals surface area (Å²) in [6.45, 7) is 5.54. The van der Waals surface area contributed by atoms with Crippen LogP contribution in [0.4, 0.5) is 4.39 Å². The Morgan fingerprint density at radius 2 is 2.22 bits per heavy atom. The minimum absolute atomic E-state index is 0.0278. The van der Waals surface area contributed by atoms with Gasteiger partial charge >= 0.3 is 5.97 Å². The van der Waals surface area contributed by atoms with E-state index in [1.807, 2.05) is 0 Å². The minimum atomic E-state index is -1.04. The van der Waals surface area contributed by atoms with Gasteiger partial charge in [0.2, 0.25) is 0 Å². The lowest BCUT2D eigenvalue weighted by Crippen LogP contribution is -2.42. The monoisotopic (exact) mass is 396 g/mol. The summed E-state index contributed by atoms with van der Waals surface area (Å²) in [6.07, 6.45) is 3.60. The molecule has 7 heteroatoms. The topological polar surface area (TPSA) is 84.6 Å². The zero-order chi connectivity index (χ0) is 19.8. The fourth-order valence-corrected chi connectivity index (χ4v) is 4.51. The van der Waals surface area contributed by atoms with Crippen LogP contribution in [-0.4, -0.2) is 42.4 Å². The third-order valence-corrected chi connectivity index (χ3v) is 6.09. The second kappa shape index (κ2) is 7.87. The van der Waals surface area contributed by atoms with E-state index in [0.717, 1.165) is 6.42 Å². The van der Waals surface area contributed by atoms with Crippen molar-refractivity contribution < 1.29 is 19.0 Å². The number of carbonyl (C=O) groups is 1. The summed E-state index contributed by atoms with van der Waals surface area (Å²) in [6, 6.07) is 2.88. The van der Waals surface area contributed by atoms with Crippen molar-refractivity contribution in [2.75, 3.05) is 13.2 Å². The molecule has 0 radical (unpaired) electrons. The first-order valence-corrected chi connectivity index (χ1v) is 9.56. The first-order chi connectivity index (χ1) is 12.7.